The molecule has 0 radical (unpaired) electrons. The van der Waals surface area contributed by atoms with Crippen molar-refractivity contribution in [2.24, 2.45) is 21.8 Å². The van der Waals surface area contributed by atoms with E-state index in [0.717, 1.165) is 23.5 Å². The number of nitrogens with zero attached hydrogens (tertiary/aromatic N) is 2. The molecule has 3 unspecified atom stereocenters. The summed E-state index contributed by atoms with van der Waals surface area (Å²) in [6, 6.07) is 10.2. The van der Waals surface area contributed by atoms with Crippen molar-refractivity contribution in [3.63, 3.8) is 0 Å². The van der Waals surface area contributed by atoms with Crippen molar-refractivity contribution >= 4 is 17.1 Å². The van der Waals surface area contributed by atoms with Crippen LogP contribution in [0.2, 0.25) is 0 Å². The molecule has 0 bridgehead atoms. The first-order valence-electron chi connectivity index (χ1n) is 8.59. The zero-order chi connectivity index (χ0) is 16.6. The molecule has 120 valence electrons. The Hall–Kier alpha value is -1.96. The summed E-state index contributed by atoms with van der Waals surface area (Å²) in [5.74, 6) is 1.03. The fourth-order valence-electron chi connectivity index (χ4n) is 3.51. The number of rotatable bonds is 2. The SMILES string of the molecule is CCC1(C)N=C2C=C(C)C(=Nc3ccccc3)C=C2C(C)C1C. The number of hydrogen-bond acceptors (Lipinski definition) is 2. The first kappa shape index (κ1) is 15.9. The van der Waals surface area contributed by atoms with Crippen molar-refractivity contribution in [2.45, 2.75) is 46.6 Å². The lowest BCUT2D eigenvalue weighted by Crippen LogP contribution is -2.42. The molecule has 23 heavy (non-hydrogen) atoms. The lowest BCUT2D eigenvalue weighted by molar-refractivity contribution is 0.245. The van der Waals surface area contributed by atoms with Gasteiger partial charge in [0.05, 0.1) is 22.6 Å². The summed E-state index contributed by atoms with van der Waals surface area (Å²) < 4.78 is 0. The average Bonchev–Trinajstić information content (AvgIpc) is 2.55. The highest BCUT2D eigenvalue weighted by Crippen LogP contribution is 2.41. The molecule has 1 heterocycles. The van der Waals surface area contributed by atoms with Crippen LogP contribution in [0.3, 0.4) is 0 Å². The van der Waals surface area contributed by atoms with E-state index in [9.17, 15) is 0 Å². The van der Waals surface area contributed by atoms with E-state index < -0.39 is 0 Å². The number of allylic oxidation sites excluding steroid dienone is 4. The number of aliphatic imine (C=N–C) groups is 2. The van der Waals surface area contributed by atoms with Crippen LogP contribution < -0.4 is 0 Å². The van der Waals surface area contributed by atoms with Gasteiger partial charge >= 0.3 is 0 Å². The van der Waals surface area contributed by atoms with Gasteiger partial charge in [0.15, 0.2) is 0 Å². The lowest BCUT2D eigenvalue weighted by Gasteiger charge is -2.42. The molecule has 1 aromatic carbocycles. The third-order valence-corrected chi connectivity index (χ3v) is 5.66. The van der Waals surface area contributed by atoms with Crippen LogP contribution in [0.1, 0.15) is 41.0 Å². The molecule has 0 saturated heterocycles. The Morgan fingerprint density at radius 2 is 1.83 bits per heavy atom. The standard InChI is InChI=1S/C21H26N2/c1-6-21(5)16(4)15(3)18-13-19(14(2)12-20(18)23-21)22-17-10-8-7-9-11-17/h7-13,15-16H,6H2,1-5H3. The summed E-state index contributed by atoms with van der Waals surface area (Å²) in [6.07, 6.45) is 5.54. The summed E-state index contributed by atoms with van der Waals surface area (Å²) in [6.45, 7) is 11.3. The molecule has 2 nitrogen and oxygen atoms in total. The van der Waals surface area contributed by atoms with E-state index in [2.05, 4.69) is 46.8 Å². The first-order valence-corrected chi connectivity index (χ1v) is 8.59. The monoisotopic (exact) mass is 306 g/mol. The normalized spacial score (nSPS) is 32.0. The Morgan fingerprint density at radius 1 is 1.13 bits per heavy atom. The summed E-state index contributed by atoms with van der Waals surface area (Å²) in [4.78, 5) is 9.92. The van der Waals surface area contributed by atoms with Gasteiger partial charge in [-0.25, -0.2) is 4.99 Å². The predicted octanol–water partition coefficient (Wildman–Crippen LogP) is 5.54. The Morgan fingerprint density at radius 3 is 2.48 bits per heavy atom. The smallest absolute Gasteiger partial charge is 0.0670 e. The van der Waals surface area contributed by atoms with Crippen LogP contribution in [-0.2, 0) is 0 Å². The molecule has 1 aliphatic heterocycles. The van der Waals surface area contributed by atoms with Gasteiger partial charge in [-0.05, 0) is 67.5 Å². The molecular formula is C21H26N2. The quantitative estimate of drug-likeness (QED) is 0.641. The minimum atomic E-state index is 0.0386. The fraction of sp³-hybridized carbons (Fsp3) is 0.429. The van der Waals surface area contributed by atoms with E-state index in [0.29, 0.717) is 11.8 Å². The van der Waals surface area contributed by atoms with Gasteiger partial charge in [0, 0.05) is 0 Å². The van der Waals surface area contributed by atoms with Crippen LogP contribution in [-0.4, -0.2) is 17.0 Å². The molecule has 1 aliphatic carbocycles. The largest absolute Gasteiger partial charge is 0.278 e. The lowest BCUT2D eigenvalue weighted by atomic mass is 9.69. The van der Waals surface area contributed by atoms with E-state index in [1.807, 2.05) is 30.3 Å². The van der Waals surface area contributed by atoms with Gasteiger partial charge in [-0.3, -0.25) is 4.99 Å². The van der Waals surface area contributed by atoms with Gasteiger partial charge in [0.2, 0.25) is 0 Å². The van der Waals surface area contributed by atoms with Gasteiger partial charge in [0.25, 0.3) is 0 Å². The van der Waals surface area contributed by atoms with Crippen LogP contribution in [0.4, 0.5) is 5.69 Å². The molecule has 2 aliphatic rings. The highest BCUT2D eigenvalue weighted by molar-refractivity contribution is 6.24. The van der Waals surface area contributed by atoms with Crippen LogP contribution in [0.5, 0.6) is 0 Å². The summed E-state index contributed by atoms with van der Waals surface area (Å²) >= 11 is 0. The maximum Gasteiger partial charge on any atom is 0.0670 e. The molecular weight excluding hydrogens is 280 g/mol. The second-order valence-corrected chi connectivity index (χ2v) is 7.04. The zero-order valence-corrected chi connectivity index (χ0v) is 14.8. The molecule has 0 aromatic heterocycles. The summed E-state index contributed by atoms with van der Waals surface area (Å²) in [5, 5.41) is 0. The van der Waals surface area contributed by atoms with Gasteiger partial charge in [-0.15, -0.1) is 0 Å². The number of benzene rings is 1. The topological polar surface area (TPSA) is 24.7 Å². The maximum absolute atomic E-state index is 5.09. The Labute approximate surface area is 139 Å². The first-order chi connectivity index (χ1) is 10.9. The van der Waals surface area contributed by atoms with E-state index in [1.165, 1.54) is 11.1 Å². The molecule has 0 spiro atoms. The van der Waals surface area contributed by atoms with E-state index in [-0.39, 0.29) is 5.54 Å². The van der Waals surface area contributed by atoms with Crippen LogP contribution in [0.15, 0.2) is 63.6 Å². The summed E-state index contributed by atoms with van der Waals surface area (Å²) in [7, 11) is 0. The number of para-hydroxylation sites is 1. The van der Waals surface area contributed by atoms with Gasteiger partial charge in [-0.1, -0.05) is 39.0 Å². The Bertz CT molecular complexity index is 721. The van der Waals surface area contributed by atoms with E-state index >= 15 is 0 Å². The maximum atomic E-state index is 5.09. The molecule has 3 atom stereocenters. The van der Waals surface area contributed by atoms with Gasteiger partial charge in [0.1, 0.15) is 0 Å². The summed E-state index contributed by atoms with van der Waals surface area (Å²) in [5.41, 5.74) is 5.79. The molecule has 0 fully saturated rings. The van der Waals surface area contributed by atoms with Crippen molar-refractivity contribution < 1.29 is 0 Å². The fourth-order valence-corrected chi connectivity index (χ4v) is 3.51. The zero-order valence-electron chi connectivity index (χ0n) is 14.8. The van der Waals surface area contributed by atoms with Crippen molar-refractivity contribution in [3.8, 4) is 0 Å². The van der Waals surface area contributed by atoms with Crippen molar-refractivity contribution in [1.29, 1.82) is 0 Å². The van der Waals surface area contributed by atoms with E-state index in [1.54, 1.807) is 0 Å². The Kier molecular flexibility index (Phi) is 4.09. The average molecular weight is 306 g/mol. The minimum absolute atomic E-state index is 0.0386. The third kappa shape index (κ3) is 2.83. The van der Waals surface area contributed by atoms with Crippen molar-refractivity contribution in [2.75, 3.05) is 0 Å². The van der Waals surface area contributed by atoms with Crippen LogP contribution in [0, 0.1) is 11.8 Å². The third-order valence-electron chi connectivity index (χ3n) is 5.66. The molecule has 3 rings (SSSR count). The van der Waals surface area contributed by atoms with Gasteiger partial charge in [-0.2, -0.15) is 0 Å². The molecule has 2 heteroatoms. The van der Waals surface area contributed by atoms with Crippen LogP contribution >= 0.6 is 0 Å². The van der Waals surface area contributed by atoms with Gasteiger partial charge < -0.3 is 0 Å². The van der Waals surface area contributed by atoms with E-state index in [4.69, 9.17) is 9.98 Å². The molecule has 0 saturated carbocycles. The highest BCUT2D eigenvalue weighted by Gasteiger charge is 2.40. The molecule has 0 amide bonds. The van der Waals surface area contributed by atoms with Crippen molar-refractivity contribution in [1.82, 2.24) is 0 Å². The Balaban J connectivity index is 2.06. The second-order valence-electron chi connectivity index (χ2n) is 7.04. The molecule has 0 N–H and O–H groups in total. The highest BCUT2D eigenvalue weighted by atomic mass is 14.9. The minimum Gasteiger partial charge on any atom is -0.278 e. The predicted molar refractivity (Wildman–Crippen MR) is 99.8 cm³/mol. The van der Waals surface area contributed by atoms with Crippen molar-refractivity contribution in [3.05, 3.63) is 53.6 Å². The van der Waals surface area contributed by atoms with Crippen LogP contribution in [0.25, 0.3) is 0 Å². The number of fused-ring (bicyclic) bond motifs is 1. The number of hydrogen-bond donors (Lipinski definition) is 0. The second kappa shape index (κ2) is 5.92. The molecule has 1 aromatic rings.